The summed E-state index contributed by atoms with van der Waals surface area (Å²) in [7, 11) is 3.15. The zero-order valence-corrected chi connectivity index (χ0v) is 16.8. The molecule has 1 fully saturated rings. The second-order valence-corrected chi connectivity index (χ2v) is 6.84. The highest BCUT2D eigenvalue weighted by atomic mass is 16.6. The molecule has 0 aliphatic carbocycles. The van der Waals surface area contributed by atoms with Gasteiger partial charge in [0.15, 0.2) is 0 Å². The molecule has 1 aliphatic rings. The molecule has 2 aromatic carbocycles. The topological polar surface area (TPSA) is 111 Å². The molecule has 3 rings (SSSR count). The van der Waals surface area contributed by atoms with E-state index < -0.39 is 10.8 Å². The molecule has 0 aromatic heterocycles. The molecular weight excluding hydrogens is 390 g/mol. The zero-order chi connectivity index (χ0) is 21.7. The lowest BCUT2D eigenvalue weighted by molar-refractivity contribution is -0.384. The van der Waals surface area contributed by atoms with Crippen molar-refractivity contribution in [3.8, 4) is 11.5 Å². The largest absolute Gasteiger partial charge is 0.497 e. The van der Waals surface area contributed by atoms with E-state index in [1.165, 1.54) is 24.3 Å². The molecule has 1 saturated heterocycles. The van der Waals surface area contributed by atoms with Crippen molar-refractivity contribution >= 4 is 17.5 Å². The van der Waals surface area contributed by atoms with Crippen LogP contribution >= 0.6 is 0 Å². The summed E-state index contributed by atoms with van der Waals surface area (Å²) in [6, 6.07) is 10.7. The first kappa shape index (κ1) is 21.1. The second-order valence-electron chi connectivity index (χ2n) is 6.84. The van der Waals surface area contributed by atoms with Crippen LogP contribution in [0, 0.1) is 10.1 Å². The smallest absolute Gasteiger partial charge is 0.270 e. The Morgan fingerprint density at radius 2 is 2.00 bits per heavy atom. The van der Waals surface area contributed by atoms with Crippen LogP contribution in [0.5, 0.6) is 11.5 Å². The van der Waals surface area contributed by atoms with Gasteiger partial charge in [0, 0.05) is 29.8 Å². The van der Waals surface area contributed by atoms with Crippen molar-refractivity contribution < 1.29 is 24.0 Å². The van der Waals surface area contributed by atoms with E-state index >= 15 is 0 Å². The summed E-state index contributed by atoms with van der Waals surface area (Å²) in [6.45, 7) is 0.362. The maximum atomic E-state index is 12.8. The highest BCUT2D eigenvalue weighted by Crippen LogP contribution is 2.38. The van der Waals surface area contributed by atoms with Crippen LogP contribution in [0.3, 0.4) is 0 Å². The van der Waals surface area contributed by atoms with E-state index in [1.54, 1.807) is 31.3 Å². The first-order chi connectivity index (χ1) is 14.4. The average molecular weight is 413 g/mol. The number of benzene rings is 2. The Bertz CT molecular complexity index is 962. The Morgan fingerprint density at radius 3 is 2.70 bits per heavy atom. The zero-order valence-electron chi connectivity index (χ0n) is 16.8. The summed E-state index contributed by atoms with van der Waals surface area (Å²) < 4.78 is 10.8. The van der Waals surface area contributed by atoms with Gasteiger partial charge in [-0.05, 0) is 37.1 Å². The van der Waals surface area contributed by atoms with Crippen molar-refractivity contribution in [1.82, 2.24) is 10.2 Å². The number of methoxy groups -OCH3 is 2. The average Bonchev–Trinajstić information content (AvgIpc) is 3.26. The number of hydrogen-bond donors (Lipinski definition) is 1. The third-order valence-electron chi connectivity index (χ3n) is 5.09. The highest BCUT2D eigenvalue weighted by molar-refractivity contribution is 5.97. The molecule has 158 valence electrons. The van der Waals surface area contributed by atoms with Crippen molar-refractivity contribution in [2.45, 2.75) is 18.9 Å². The standard InChI is InChI=1S/C21H23N3O6/c1-29-16-8-9-19(30-2)17(12-16)18-7-4-10-23(18)20(25)13-22-21(26)14-5-3-6-15(11-14)24(27)28/h3,5-6,8-9,11-12,18H,4,7,10,13H2,1-2H3,(H,22,26). The molecule has 30 heavy (non-hydrogen) atoms. The second kappa shape index (κ2) is 9.25. The molecule has 1 atom stereocenters. The van der Waals surface area contributed by atoms with E-state index in [4.69, 9.17) is 9.47 Å². The van der Waals surface area contributed by atoms with Gasteiger partial charge in [0.2, 0.25) is 5.91 Å². The summed E-state index contributed by atoms with van der Waals surface area (Å²) in [4.78, 5) is 37.2. The van der Waals surface area contributed by atoms with E-state index in [0.29, 0.717) is 18.0 Å². The lowest BCUT2D eigenvalue weighted by atomic mass is 10.0. The minimum absolute atomic E-state index is 0.129. The molecule has 1 N–H and O–H groups in total. The molecule has 2 aromatic rings. The van der Waals surface area contributed by atoms with Crippen LogP contribution in [0.25, 0.3) is 0 Å². The van der Waals surface area contributed by atoms with Gasteiger partial charge < -0.3 is 19.7 Å². The van der Waals surface area contributed by atoms with Gasteiger partial charge in [0.05, 0.1) is 31.7 Å². The molecule has 0 saturated carbocycles. The predicted octanol–water partition coefficient (Wildman–Crippen LogP) is 2.71. The third-order valence-corrected chi connectivity index (χ3v) is 5.09. The lowest BCUT2D eigenvalue weighted by Crippen LogP contribution is -2.40. The highest BCUT2D eigenvalue weighted by Gasteiger charge is 2.32. The number of likely N-dealkylation sites (tertiary alicyclic amines) is 1. The number of carbonyl (C=O) groups is 2. The van der Waals surface area contributed by atoms with Crippen LogP contribution in [0.2, 0.25) is 0 Å². The molecule has 0 radical (unpaired) electrons. The van der Waals surface area contributed by atoms with E-state index in [0.717, 1.165) is 18.4 Å². The monoisotopic (exact) mass is 413 g/mol. The fourth-order valence-corrected chi connectivity index (χ4v) is 3.61. The lowest BCUT2D eigenvalue weighted by Gasteiger charge is -2.27. The molecule has 2 amide bonds. The van der Waals surface area contributed by atoms with Gasteiger partial charge in [0.25, 0.3) is 11.6 Å². The minimum atomic E-state index is -0.571. The van der Waals surface area contributed by atoms with Crippen LogP contribution in [0.4, 0.5) is 5.69 Å². The van der Waals surface area contributed by atoms with Gasteiger partial charge in [-0.2, -0.15) is 0 Å². The van der Waals surface area contributed by atoms with Crippen molar-refractivity contribution in [2.75, 3.05) is 27.3 Å². The van der Waals surface area contributed by atoms with Crippen LogP contribution in [0.15, 0.2) is 42.5 Å². The molecule has 1 unspecified atom stereocenters. The van der Waals surface area contributed by atoms with Gasteiger partial charge in [-0.15, -0.1) is 0 Å². The van der Waals surface area contributed by atoms with E-state index in [1.807, 2.05) is 6.07 Å². The number of nitrogens with one attached hydrogen (secondary N) is 1. The van der Waals surface area contributed by atoms with Crippen molar-refractivity contribution in [2.24, 2.45) is 0 Å². The first-order valence-corrected chi connectivity index (χ1v) is 9.48. The normalized spacial score (nSPS) is 15.5. The van der Waals surface area contributed by atoms with Crippen LogP contribution in [0.1, 0.15) is 34.8 Å². The maximum absolute atomic E-state index is 12.8. The van der Waals surface area contributed by atoms with E-state index in [9.17, 15) is 19.7 Å². The number of amides is 2. The van der Waals surface area contributed by atoms with Crippen molar-refractivity contribution in [3.63, 3.8) is 0 Å². The molecule has 1 aliphatic heterocycles. The van der Waals surface area contributed by atoms with Crippen molar-refractivity contribution in [3.05, 3.63) is 63.7 Å². The Balaban J connectivity index is 1.70. The Kier molecular flexibility index (Phi) is 6.51. The van der Waals surface area contributed by atoms with Crippen molar-refractivity contribution in [1.29, 1.82) is 0 Å². The van der Waals surface area contributed by atoms with Crippen LogP contribution < -0.4 is 14.8 Å². The van der Waals surface area contributed by atoms with Gasteiger partial charge in [-0.1, -0.05) is 6.07 Å². The summed E-state index contributed by atoms with van der Waals surface area (Å²) >= 11 is 0. The van der Waals surface area contributed by atoms with Crippen LogP contribution in [-0.4, -0.2) is 48.9 Å². The fourth-order valence-electron chi connectivity index (χ4n) is 3.61. The molecule has 9 heteroatoms. The minimum Gasteiger partial charge on any atom is -0.497 e. The van der Waals surface area contributed by atoms with Crippen LogP contribution in [-0.2, 0) is 4.79 Å². The first-order valence-electron chi connectivity index (χ1n) is 9.48. The maximum Gasteiger partial charge on any atom is 0.270 e. The Labute approximate surface area is 173 Å². The van der Waals surface area contributed by atoms with Gasteiger partial charge in [0.1, 0.15) is 11.5 Å². The number of nitrogens with zero attached hydrogens (tertiary/aromatic N) is 2. The summed E-state index contributed by atoms with van der Waals surface area (Å²) in [5, 5.41) is 13.4. The Hall–Kier alpha value is -3.62. The number of carbonyl (C=O) groups excluding carboxylic acids is 2. The van der Waals surface area contributed by atoms with Gasteiger partial charge in [-0.3, -0.25) is 19.7 Å². The Morgan fingerprint density at radius 1 is 1.20 bits per heavy atom. The molecule has 9 nitrogen and oxygen atoms in total. The SMILES string of the molecule is COc1ccc(OC)c(C2CCCN2C(=O)CNC(=O)c2cccc([N+](=O)[O-])c2)c1. The number of non-ortho nitro benzene ring substituents is 1. The number of rotatable bonds is 7. The van der Waals surface area contributed by atoms with Gasteiger partial charge >= 0.3 is 0 Å². The number of nitro groups is 1. The summed E-state index contributed by atoms with van der Waals surface area (Å²) in [5.74, 6) is 0.563. The number of hydrogen-bond acceptors (Lipinski definition) is 6. The fraction of sp³-hybridized carbons (Fsp3) is 0.333. The molecular formula is C21H23N3O6. The molecule has 1 heterocycles. The molecule has 0 bridgehead atoms. The molecule has 0 spiro atoms. The van der Waals surface area contributed by atoms with E-state index in [2.05, 4.69) is 5.32 Å². The summed E-state index contributed by atoms with van der Waals surface area (Å²) in [6.07, 6.45) is 1.60. The van der Waals surface area contributed by atoms with Gasteiger partial charge in [-0.25, -0.2) is 0 Å². The number of ether oxygens (including phenoxy) is 2. The van der Waals surface area contributed by atoms with E-state index in [-0.39, 0.29) is 29.7 Å². The predicted molar refractivity (Wildman–Crippen MR) is 109 cm³/mol. The quantitative estimate of drug-likeness (QED) is 0.552. The number of nitro benzene ring substituents is 1. The summed E-state index contributed by atoms with van der Waals surface area (Å²) in [5.41, 5.74) is 0.802. The third kappa shape index (κ3) is 4.51.